The van der Waals surface area contributed by atoms with Crippen LogP contribution in [0, 0.1) is 0 Å². The molecule has 2 aliphatic heterocycles. The third-order valence-corrected chi connectivity index (χ3v) is 2.96. The predicted molar refractivity (Wildman–Crippen MR) is 30.2 cm³/mol. The zero-order valence-corrected chi connectivity index (χ0v) is 4.85. The molecule has 1 aliphatic carbocycles. The Morgan fingerprint density at radius 1 is 1.62 bits per heavy atom. The van der Waals surface area contributed by atoms with Crippen LogP contribution in [-0.4, -0.2) is 23.3 Å². The minimum atomic E-state index is 0.583. The fourth-order valence-electron chi connectivity index (χ4n) is 2.42. The number of hydrogen-bond donors (Lipinski definition) is 1. The molecule has 3 fully saturated rings. The van der Waals surface area contributed by atoms with Crippen molar-refractivity contribution < 1.29 is 0 Å². The van der Waals surface area contributed by atoms with Gasteiger partial charge in [0, 0.05) is 6.04 Å². The van der Waals surface area contributed by atoms with Gasteiger partial charge in [0.1, 0.15) is 0 Å². The van der Waals surface area contributed by atoms with Gasteiger partial charge in [-0.3, -0.25) is 10.2 Å². The van der Waals surface area contributed by atoms with Gasteiger partial charge in [-0.1, -0.05) is 0 Å². The quantitative estimate of drug-likeness (QED) is 0.445. The van der Waals surface area contributed by atoms with Gasteiger partial charge in [-0.2, -0.15) is 0 Å². The Morgan fingerprint density at radius 2 is 2.62 bits per heavy atom. The predicted octanol–water partition coefficient (Wildman–Crippen LogP) is 0.112. The number of rotatable bonds is 0. The molecule has 44 valence electrons. The highest BCUT2D eigenvalue weighted by Gasteiger charge is 2.70. The van der Waals surface area contributed by atoms with Crippen molar-refractivity contribution in [3.8, 4) is 0 Å². The molecule has 0 aromatic rings. The van der Waals surface area contributed by atoms with E-state index in [1.807, 2.05) is 0 Å². The first-order valence-electron chi connectivity index (χ1n) is 3.45. The number of fused-ring (bicyclic) bond motifs is 1. The molecule has 0 amide bonds. The van der Waals surface area contributed by atoms with Gasteiger partial charge in [0.15, 0.2) is 0 Å². The molecule has 0 radical (unpaired) electrons. The summed E-state index contributed by atoms with van der Waals surface area (Å²) in [6.07, 6.45) is 4.32. The molecule has 2 heteroatoms. The summed E-state index contributed by atoms with van der Waals surface area (Å²) < 4.78 is 0. The number of piperidine rings is 1. The van der Waals surface area contributed by atoms with Crippen molar-refractivity contribution in [3.05, 3.63) is 0 Å². The largest absolute Gasteiger partial charge is 0.285 e. The monoisotopic (exact) mass is 110 g/mol. The zero-order chi connectivity index (χ0) is 5.19. The maximum absolute atomic E-state index is 3.48. The van der Waals surface area contributed by atoms with Crippen molar-refractivity contribution in [2.24, 2.45) is 0 Å². The van der Waals surface area contributed by atoms with Crippen LogP contribution in [0.4, 0.5) is 0 Å². The van der Waals surface area contributed by atoms with E-state index in [9.17, 15) is 0 Å². The molecular formula is C6H10N2. The minimum absolute atomic E-state index is 0.583. The van der Waals surface area contributed by atoms with Crippen molar-refractivity contribution in [3.63, 3.8) is 0 Å². The van der Waals surface area contributed by atoms with Crippen molar-refractivity contribution in [1.82, 2.24) is 10.2 Å². The Morgan fingerprint density at radius 3 is 3.00 bits per heavy atom. The standard InChI is InChI=1S/C6H10N2/c1-2-5-6(3-1)7-4-8(5)6/h5,7H,1-4H2/t5?,6?,8-/m1/s1. The Balaban J connectivity index is 2.00. The van der Waals surface area contributed by atoms with Crippen LogP contribution < -0.4 is 5.32 Å². The van der Waals surface area contributed by atoms with Crippen LogP contribution in [0.15, 0.2) is 0 Å². The normalized spacial score (nSPS) is 66.0. The molecule has 1 spiro atoms. The summed E-state index contributed by atoms with van der Waals surface area (Å²) in [5, 5.41) is 3.48. The third-order valence-electron chi connectivity index (χ3n) is 2.96. The molecule has 2 unspecified atom stereocenters. The van der Waals surface area contributed by atoms with Crippen molar-refractivity contribution >= 4 is 0 Å². The highest BCUT2D eigenvalue weighted by molar-refractivity contribution is 5.23. The summed E-state index contributed by atoms with van der Waals surface area (Å²) in [5.41, 5.74) is 0.583. The molecule has 0 aromatic carbocycles. The second-order valence-corrected chi connectivity index (χ2v) is 3.14. The fourth-order valence-corrected chi connectivity index (χ4v) is 2.42. The smallest absolute Gasteiger partial charge is 0.0897 e. The van der Waals surface area contributed by atoms with Gasteiger partial charge in [0.2, 0.25) is 0 Å². The average molecular weight is 110 g/mol. The van der Waals surface area contributed by atoms with Crippen molar-refractivity contribution in [1.29, 1.82) is 0 Å². The minimum Gasteiger partial charge on any atom is -0.285 e. The van der Waals surface area contributed by atoms with Crippen LogP contribution in [0.3, 0.4) is 0 Å². The summed E-state index contributed by atoms with van der Waals surface area (Å²) in [4.78, 5) is 2.57. The summed E-state index contributed by atoms with van der Waals surface area (Å²) in [6, 6.07) is 0.961. The molecule has 1 N–H and O–H groups in total. The van der Waals surface area contributed by atoms with Gasteiger partial charge in [0.25, 0.3) is 0 Å². The fraction of sp³-hybridized carbons (Fsp3) is 1.00. The summed E-state index contributed by atoms with van der Waals surface area (Å²) in [5.74, 6) is 0. The van der Waals surface area contributed by atoms with Crippen molar-refractivity contribution in [2.45, 2.75) is 31.0 Å². The SMILES string of the molecule is C1CC2[N@@]3CNC23C1. The van der Waals surface area contributed by atoms with Crippen LogP contribution in [0.1, 0.15) is 19.3 Å². The first-order chi connectivity index (χ1) is 3.93. The maximum atomic E-state index is 3.48. The van der Waals surface area contributed by atoms with Gasteiger partial charge < -0.3 is 0 Å². The molecule has 1 saturated carbocycles. The Hall–Kier alpha value is -0.0800. The molecule has 8 heavy (non-hydrogen) atoms. The van der Waals surface area contributed by atoms with E-state index in [2.05, 4.69) is 10.2 Å². The molecular weight excluding hydrogens is 100 g/mol. The molecule has 3 atom stereocenters. The van der Waals surface area contributed by atoms with Gasteiger partial charge in [-0.05, 0) is 19.3 Å². The molecule has 3 rings (SSSR count). The lowest BCUT2D eigenvalue weighted by molar-refractivity contribution is 0.188. The Labute approximate surface area is 48.9 Å². The average Bonchev–Trinajstić information content (AvgIpc) is 2.20. The van der Waals surface area contributed by atoms with E-state index in [0.29, 0.717) is 5.66 Å². The van der Waals surface area contributed by atoms with E-state index >= 15 is 0 Å². The lowest BCUT2D eigenvalue weighted by atomic mass is 10.2. The number of nitrogens with one attached hydrogen (secondary N) is 1. The van der Waals surface area contributed by atoms with E-state index in [4.69, 9.17) is 0 Å². The van der Waals surface area contributed by atoms with E-state index in [1.165, 1.54) is 25.9 Å². The molecule has 2 nitrogen and oxygen atoms in total. The zero-order valence-electron chi connectivity index (χ0n) is 4.85. The van der Waals surface area contributed by atoms with Gasteiger partial charge in [0.05, 0.1) is 12.3 Å². The topological polar surface area (TPSA) is 15.0 Å². The summed E-state index contributed by atoms with van der Waals surface area (Å²) in [7, 11) is 0. The van der Waals surface area contributed by atoms with Crippen molar-refractivity contribution in [2.75, 3.05) is 6.67 Å². The van der Waals surface area contributed by atoms with Gasteiger partial charge >= 0.3 is 0 Å². The first-order valence-corrected chi connectivity index (χ1v) is 3.45. The van der Waals surface area contributed by atoms with E-state index in [-0.39, 0.29) is 0 Å². The maximum Gasteiger partial charge on any atom is 0.0897 e. The molecule has 2 heterocycles. The molecule has 3 aliphatic rings. The van der Waals surface area contributed by atoms with E-state index in [1.54, 1.807) is 0 Å². The summed E-state index contributed by atoms with van der Waals surface area (Å²) in [6.45, 7) is 1.17. The van der Waals surface area contributed by atoms with Crippen LogP contribution in [0.2, 0.25) is 0 Å². The van der Waals surface area contributed by atoms with E-state index in [0.717, 1.165) is 6.04 Å². The number of hydrogen-bond acceptors (Lipinski definition) is 2. The lowest BCUT2D eigenvalue weighted by Gasteiger charge is -2.27. The molecule has 2 saturated heterocycles. The summed E-state index contributed by atoms with van der Waals surface area (Å²) >= 11 is 0. The Bertz CT molecular complexity index is 145. The van der Waals surface area contributed by atoms with Crippen LogP contribution in [-0.2, 0) is 0 Å². The van der Waals surface area contributed by atoms with Crippen LogP contribution in [0.5, 0.6) is 0 Å². The molecule has 0 aromatic heterocycles. The second-order valence-electron chi connectivity index (χ2n) is 3.14. The highest BCUT2D eigenvalue weighted by atomic mass is 15.6. The second kappa shape index (κ2) is 0.847. The highest BCUT2D eigenvalue weighted by Crippen LogP contribution is 2.55. The number of nitrogens with zero attached hydrogens (tertiary/aromatic N) is 1. The first kappa shape index (κ1) is 3.85. The third kappa shape index (κ3) is 0.198. The van der Waals surface area contributed by atoms with E-state index < -0.39 is 0 Å². The van der Waals surface area contributed by atoms with Gasteiger partial charge in [-0.25, -0.2) is 0 Å². The van der Waals surface area contributed by atoms with Crippen LogP contribution >= 0.6 is 0 Å². The van der Waals surface area contributed by atoms with Crippen LogP contribution in [0.25, 0.3) is 0 Å². The van der Waals surface area contributed by atoms with Gasteiger partial charge in [-0.15, -0.1) is 0 Å². The Kier molecular flexibility index (Phi) is 0.408. The lowest BCUT2D eigenvalue weighted by Crippen LogP contribution is -2.50. The molecule has 0 bridgehead atoms.